The van der Waals surface area contributed by atoms with Crippen LogP contribution in [-0.4, -0.2) is 53.7 Å². The van der Waals surface area contributed by atoms with Crippen LogP contribution in [0.1, 0.15) is 36.4 Å². The number of piperidine rings is 1. The molecule has 0 saturated carbocycles. The first kappa shape index (κ1) is 32.9. The molecule has 0 spiro atoms. The number of anilines is 1. The highest BCUT2D eigenvalue weighted by atomic mass is 19.4. The monoisotopic (exact) mass is 667 g/mol. The fraction of sp³-hybridized carbons (Fsp3) is 0.382. The van der Waals surface area contributed by atoms with Gasteiger partial charge >= 0.3 is 18.2 Å². The molecule has 48 heavy (non-hydrogen) atoms. The predicted octanol–water partition coefficient (Wildman–Crippen LogP) is 6.68. The van der Waals surface area contributed by atoms with Gasteiger partial charge < -0.3 is 39.3 Å². The van der Waals surface area contributed by atoms with Crippen molar-refractivity contribution >= 4 is 11.5 Å². The molecule has 254 valence electrons. The van der Waals surface area contributed by atoms with Crippen LogP contribution in [0.3, 0.4) is 0 Å². The van der Waals surface area contributed by atoms with E-state index < -0.39 is 11.3 Å². The zero-order chi connectivity index (χ0) is 33.7. The molecule has 14 heteroatoms. The summed E-state index contributed by atoms with van der Waals surface area (Å²) < 4.78 is 60.6. The van der Waals surface area contributed by atoms with Crippen molar-refractivity contribution in [3.05, 3.63) is 100 Å². The Hall–Kier alpha value is -4.98. The molecule has 2 atom stereocenters. The minimum Gasteiger partial charge on any atom is -0.490 e. The number of nitro groups is 1. The van der Waals surface area contributed by atoms with E-state index in [9.17, 15) is 23.3 Å². The summed E-state index contributed by atoms with van der Waals surface area (Å²) in [5, 5.41) is 14.5. The molecule has 3 aromatic carbocycles. The Morgan fingerprint density at radius 1 is 0.979 bits per heavy atom. The number of halogens is 3. The van der Waals surface area contributed by atoms with Crippen molar-refractivity contribution in [2.75, 3.05) is 31.6 Å². The molecule has 1 aromatic heterocycles. The van der Waals surface area contributed by atoms with Crippen molar-refractivity contribution in [2.24, 2.45) is 5.92 Å². The largest absolute Gasteiger partial charge is 0.573 e. The molecule has 2 aliphatic heterocycles. The first-order valence-corrected chi connectivity index (χ1v) is 15.7. The van der Waals surface area contributed by atoms with Crippen molar-refractivity contribution in [3.63, 3.8) is 0 Å². The molecular formula is C34H36F3N5O6. The number of alkyl halides is 3. The minimum atomic E-state index is -4.73. The number of rotatable bonds is 12. The predicted molar refractivity (Wildman–Crippen MR) is 170 cm³/mol. The van der Waals surface area contributed by atoms with Gasteiger partial charge in [-0.3, -0.25) is 4.57 Å². The Morgan fingerprint density at radius 2 is 1.62 bits per heavy atom. The Morgan fingerprint density at radius 3 is 2.29 bits per heavy atom. The summed E-state index contributed by atoms with van der Waals surface area (Å²) in [4.78, 5) is 16.7. The fourth-order valence-corrected chi connectivity index (χ4v) is 6.15. The fourth-order valence-electron chi connectivity index (χ4n) is 6.15. The van der Waals surface area contributed by atoms with Crippen LogP contribution < -0.4 is 29.2 Å². The van der Waals surface area contributed by atoms with Crippen molar-refractivity contribution < 1.29 is 37.0 Å². The molecule has 1 saturated heterocycles. The first-order chi connectivity index (χ1) is 23.1. The summed E-state index contributed by atoms with van der Waals surface area (Å²) in [5.41, 5.74) is 2.90. The van der Waals surface area contributed by atoms with Gasteiger partial charge in [0.05, 0.1) is 6.04 Å². The lowest BCUT2D eigenvalue weighted by Crippen LogP contribution is -2.37. The molecule has 1 unspecified atom stereocenters. The van der Waals surface area contributed by atoms with E-state index in [2.05, 4.69) is 39.1 Å². The maximum atomic E-state index is 12.4. The number of nitrogens with zero attached hydrogens (tertiary/aromatic N) is 4. The van der Waals surface area contributed by atoms with Crippen molar-refractivity contribution in [3.8, 4) is 23.3 Å². The summed E-state index contributed by atoms with van der Waals surface area (Å²) in [7, 11) is 2.09. The summed E-state index contributed by atoms with van der Waals surface area (Å²) in [6.45, 7) is 2.97. The van der Waals surface area contributed by atoms with Crippen LogP contribution >= 0.6 is 0 Å². The quantitative estimate of drug-likeness (QED) is 0.131. The SMILES string of the molecule is CN(c1ccc(OCc2ccc(OC(F)(F)F)cc2)cc1)C(c1ccc(OC[C@@H]2CCn3cc([N+](=O)[O-])nc3O2)cc1)C1CCNCC1. The van der Waals surface area contributed by atoms with E-state index in [1.165, 1.54) is 23.9 Å². The van der Waals surface area contributed by atoms with Crippen LogP contribution in [0, 0.1) is 16.0 Å². The molecule has 3 heterocycles. The third-order valence-electron chi connectivity index (χ3n) is 8.59. The topological polar surface area (TPSA) is 113 Å². The van der Waals surface area contributed by atoms with Crippen molar-refractivity contribution in [1.29, 1.82) is 0 Å². The summed E-state index contributed by atoms with van der Waals surface area (Å²) in [6.07, 6.45) is -0.887. The molecule has 0 amide bonds. The van der Waals surface area contributed by atoms with Crippen LogP contribution in [0.4, 0.5) is 24.7 Å². The number of ether oxygens (including phenoxy) is 4. The van der Waals surface area contributed by atoms with Gasteiger partial charge in [-0.15, -0.1) is 13.2 Å². The summed E-state index contributed by atoms with van der Waals surface area (Å²) in [5.74, 6) is 1.27. The second-order valence-corrected chi connectivity index (χ2v) is 11.9. The third-order valence-corrected chi connectivity index (χ3v) is 8.59. The van der Waals surface area contributed by atoms with Gasteiger partial charge in [0, 0.05) is 30.7 Å². The van der Waals surface area contributed by atoms with E-state index in [4.69, 9.17) is 14.2 Å². The standard InChI is InChI=1S/C34H36F3N5O6/c1-40(26-6-12-28(13-7-26)45-21-23-2-8-29(9-3-23)48-34(35,36)37)32(25-14-17-38-18-15-25)24-4-10-27(11-5-24)46-22-30-16-19-41-20-31(42(43)44)39-33(41)47-30/h2-13,20,25,30,32,38H,14-19,21-22H2,1H3/t30-,32?/m0/s1. The number of aryl methyl sites for hydroxylation is 1. The lowest BCUT2D eigenvalue weighted by atomic mass is 9.84. The molecule has 6 rings (SSSR count). The Bertz CT molecular complexity index is 1660. The number of hydrogen-bond donors (Lipinski definition) is 1. The zero-order valence-electron chi connectivity index (χ0n) is 26.3. The number of nitrogens with one attached hydrogen (secondary N) is 1. The lowest BCUT2D eigenvalue weighted by molar-refractivity contribution is -0.389. The second-order valence-electron chi connectivity index (χ2n) is 11.9. The summed E-state index contributed by atoms with van der Waals surface area (Å²) in [6, 6.07) is 21.9. The summed E-state index contributed by atoms with van der Waals surface area (Å²) >= 11 is 0. The van der Waals surface area contributed by atoms with Gasteiger partial charge in [0.1, 0.15) is 42.8 Å². The normalized spacial score (nSPS) is 17.1. The van der Waals surface area contributed by atoms with Gasteiger partial charge in [-0.1, -0.05) is 24.3 Å². The molecule has 1 fully saturated rings. The number of hydrogen-bond acceptors (Lipinski definition) is 9. The highest BCUT2D eigenvalue weighted by Gasteiger charge is 2.32. The van der Waals surface area contributed by atoms with Crippen LogP contribution in [0.2, 0.25) is 0 Å². The second kappa shape index (κ2) is 14.4. The van der Waals surface area contributed by atoms with Gasteiger partial charge in [-0.05, 0) is 96.4 Å². The lowest BCUT2D eigenvalue weighted by Gasteiger charge is -2.38. The molecule has 0 radical (unpaired) electrons. The Labute approximate surface area is 275 Å². The maximum Gasteiger partial charge on any atom is 0.573 e. The van der Waals surface area contributed by atoms with E-state index in [0.29, 0.717) is 42.6 Å². The first-order valence-electron chi connectivity index (χ1n) is 15.7. The van der Waals surface area contributed by atoms with Crippen LogP contribution in [0.5, 0.6) is 23.3 Å². The van der Waals surface area contributed by atoms with Crippen LogP contribution in [0.15, 0.2) is 79.0 Å². The Balaban J connectivity index is 1.07. The zero-order valence-corrected chi connectivity index (χ0v) is 26.3. The van der Waals surface area contributed by atoms with Crippen LogP contribution in [0.25, 0.3) is 0 Å². The molecule has 4 aromatic rings. The number of fused-ring (bicyclic) bond motifs is 1. The van der Waals surface area contributed by atoms with Crippen molar-refractivity contribution in [1.82, 2.24) is 14.9 Å². The third kappa shape index (κ3) is 8.29. The highest BCUT2D eigenvalue weighted by molar-refractivity contribution is 5.51. The molecular weight excluding hydrogens is 631 g/mol. The van der Waals surface area contributed by atoms with E-state index in [0.717, 1.165) is 31.6 Å². The average Bonchev–Trinajstić information content (AvgIpc) is 3.52. The van der Waals surface area contributed by atoms with E-state index in [-0.39, 0.29) is 36.3 Å². The van der Waals surface area contributed by atoms with Gasteiger partial charge in [0.15, 0.2) is 0 Å². The van der Waals surface area contributed by atoms with Gasteiger partial charge in [-0.25, -0.2) is 0 Å². The van der Waals surface area contributed by atoms with E-state index in [1.54, 1.807) is 16.7 Å². The van der Waals surface area contributed by atoms with Crippen LogP contribution in [-0.2, 0) is 13.2 Å². The molecule has 1 N–H and O–H groups in total. The van der Waals surface area contributed by atoms with E-state index >= 15 is 0 Å². The average molecular weight is 668 g/mol. The number of benzene rings is 3. The molecule has 2 aliphatic rings. The molecule has 11 nitrogen and oxygen atoms in total. The smallest absolute Gasteiger partial charge is 0.490 e. The molecule has 0 aliphatic carbocycles. The van der Waals surface area contributed by atoms with Crippen molar-refractivity contribution in [2.45, 2.75) is 50.9 Å². The number of imidazole rings is 1. The Kier molecular flexibility index (Phi) is 9.90. The highest BCUT2D eigenvalue weighted by Crippen LogP contribution is 2.37. The minimum absolute atomic E-state index is 0.113. The van der Waals surface area contributed by atoms with Gasteiger partial charge in [-0.2, -0.15) is 0 Å². The van der Waals surface area contributed by atoms with Gasteiger partial charge in [0.2, 0.25) is 0 Å². The molecule has 0 bridgehead atoms. The maximum absolute atomic E-state index is 12.4. The van der Waals surface area contributed by atoms with Gasteiger partial charge in [0.25, 0.3) is 0 Å². The number of aromatic nitrogens is 2. The van der Waals surface area contributed by atoms with E-state index in [1.807, 2.05) is 36.4 Å².